The quantitative estimate of drug-likeness (QED) is 0.522. The number of hydrogen-bond donors (Lipinski definition) is 0. The van der Waals surface area contributed by atoms with Crippen molar-refractivity contribution in [2.24, 2.45) is 0 Å². The van der Waals surface area contributed by atoms with E-state index in [-0.39, 0.29) is 0 Å². The van der Waals surface area contributed by atoms with Crippen LogP contribution in [0, 0.1) is 20.8 Å². The molecule has 1 aliphatic rings. The van der Waals surface area contributed by atoms with E-state index in [1.54, 1.807) is 15.9 Å². The number of benzene rings is 3. The van der Waals surface area contributed by atoms with Crippen molar-refractivity contribution in [3.8, 4) is 0 Å². The van der Waals surface area contributed by atoms with Gasteiger partial charge in [-0.15, -0.1) is 0 Å². The summed E-state index contributed by atoms with van der Waals surface area (Å²) in [7, 11) is 0. The minimum absolute atomic E-state index is 1.31. The van der Waals surface area contributed by atoms with Gasteiger partial charge in [-0.25, -0.2) is 0 Å². The van der Waals surface area contributed by atoms with Crippen LogP contribution in [0.25, 0.3) is 0 Å². The minimum atomic E-state index is -2.51. The fourth-order valence-electron chi connectivity index (χ4n) is 5.83. The van der Waals surface area contributed by atoms with E-state index in [1.807, 2.05) is 0 Å². The van der Waals surface area contributed by atoms with E-state index in [9.17, 15) is 0 Å². The zero-order valence-electron chi connectivity index (χ0n) is 16.9. The van der Waals surface area contributed by atoms with Gasteiger partial charge in [-0.05, 0) is 0 Å². The molecule has 0 saturated carbocycles. The van der Waals surface area contributed by atoms with Gasteiger partial charge in [-0.1, -0.05) is 0 Å². The predicted octanol–water partition coefficient (Wildman–Crippen LogP) is 5.63. The Bertz CT molecular complexity index is 846. The third-order valence-electron chi connectivity index (χ3n) is 6.89. The van der Waals surface area contributed by atoms with Crippen molar-refractivity contribution in [3.63, 3.8) is 0 Å². The van der Waals surface area contributed by atoms with Crippen LogP contribution in [0.4, 0.5) is 0 Å². The molecule has 0 atom stereocenters. The number of aryl methyl sites for hydroxylation is 3. The third-order valence-corrected chi connectivity index (χ3v) is 14.5. The van der Waals surface area contributed by atoms with Crippen molar-refractivity contribution in [1.29, 1.82) is 0 Å². The van der Waals surface area contributed by atoms with Crippen molar-refractivity contribution in [1.82, 2.24) is 0 Å². The summed E-state index contributed by atoms with van der Waals surface area (Å²) in [5, 5.41) is 4.89. The second kappa shape index (κ2) is 6.92. The molecule has 3 aromatic carbocycles. The number of rotatable bonds is 3. The van der Waals surface area contributed by atoms with E-state index in [1.165, 1.54) is 48.3 Å². The van der Waals surface area contributed by atoms with E-state index < -0.39 is 6.60 Å². The average molecular weight is 375 g/mol. The van der Waals surface area contributed by atoms with Gasteiger partial charge in [0.2, 0.25) is 0 Å². The van der Waals surface area contributed by atoms with Gasteiger partial charge in [0.05, 0.1) is 0 Å². The van der Waals surface area contributed by atoms with Gasteiger partial charge < -0.3 is 0 Å². The van der Waals surface area contributed by atoms with Gasteiger partial charge in [0, 0.05) is 0 Å². The Morgan fingerprint density at radius 1 is 0.481 bits per heavy atom. The predicted molar refractivity (Wildman–Crippen MR) is 123 cm³/mol. The molecule has 0 spiro atoms. The standard InChI is InChI=1S/C26H31P/c1-21-13-5-8-16-24(21)27(19-11-4-12-20-27,25-17-9-6-14-22(25)2)26-18-10-7-15-23(26)3/h5-10,13-18H,4,11-12,19-20H2,1-3H3. The molecule has 1 heterocycles. The second-order valence-corrected chi connectivity index (χ2v) is 13.7. The van der Waals surface area contributed by atoms with Crippen LogP contribution in [-0.4, -0.2) is 12.3 Å². The van der Waals surface area contributed by atoms with E-state index in [4.69, 9.17) is 0 Å². The molecule has 27 heavy (non-hydrogen) atoms. The van der Waals surface area contributed by atoms with E-state index in [0.717, 1.165) is 0 Å². The molecule has 0 amide bonds. The summed E-state index contributed by atoms with van der Waals surface area (Å²) in [6, 6.07) is 27.7. The molecular formula is C26H31P. The first kappa shape index (κ1) is 18.5. The Morgan fingerprint density at radius 3 is 1.15 bits per heavy atom. The van der Waals surface area contributed by atoms with Crippen LogP contribution in [0.2, 0.25) is 0 Å². The molecule has 1 heteroatoms. The van der Waals surface area contributed by atoms with Crippen LogP contribution in [-0.2, 0) is 0 Å². The fourth-order valence-corrected chi connectivity index (χ4v) is 14.2. The summed E-state index contributed by atoms with van der Waals surface area (Å²) in [6.45, 7) is 4.47. The molecular weight excluding hydrogens is 343 g/mol. The van der Waals surface area contributed by atoms with Crippen molar-refractivity contribution in [2.75, 3.05) is 12.3 Å². The number of hydrogen-bond acceptors (Lipinski definition) is 0. The molecule has 0 nitrogen and oxygen atoms in total. The Morgan fingerprint density at radius 2 is 0.815 bits per heavy atom. The molecule has 4 rings (SSSR count). The summed E-state index contributed by atoms with van der Waals surface area (Å²) in [5.41, 5.74) is 4.38. The first-order chi connectivity index (χ1) is 13.1. The van der Waals surface area contributed by atoms with Crippen LogP contribution in [0.3, 0.4) is 0 Å². The topological polar surface area (TPSA) is 0 Å². The molecule has 0 aliphatic carbocycles. The first-order valence-corrected chi connectivity index (χ1v) is 12.9. The van der Waals surface area contributed by atoms with Crippen LogP contribution < -0.4 is 15.9 Å². The van der Waals surface area contributed by atoms with Crippen molar-refractivity contribution in [3.05, 3.63) is 89.5 Å². The first-order valence-electron chi connectivity index (χ1n) is 10.3. The third kappa shape index (κ3) is 2.61. The van der Waals surface area contributed by atoms with Crippen LogP contribution in [0.1, 0.15) is 36.0 Å². The van der Waals surface area contributed by atoms with E-state index in [2.05, 4.69) is 93.6 Å². The van der Waals surface area contributed by atoms with E-state index in [0.29, 0.717) is 0 Å². The maximum absolute atomic E-state index is 2.51. The van der Waals surface area contributed by atoms with Gasteiger partial charge in [0.25, 0.3) is 0 Å². The molecule has 0 aromatic heterocycles. The van der Waals surface area contributed by atoms with Crippen LogP contribution >= 0.6 is 6.60 Å². The summed E-state index contributed by atoms with van der Waals surface area (Å²) < 4.78 is 0. The fraction of sp³-hybridized carbons (Fsp3) is 0.308. The molecule has 1 fully saturated rings. The summed E-state index contributed by atoms with van der Waals surface area (Å²) in [6.07, 6.45) is 6.64. The average Bonchev–Trinajstić information content (AvgIpc) is 2.69. The van der Waals surface area contributed by atoms with Crippen LogP contribution in [0.5, 0.6) is 0 Å². The van der Waals surface area contributed by atoms with Gasteiger partial charge in [0.15, 0.2) is 0 Å². The monoisotopic (exact) mass is 374 g/mol. The molecule has 0 unspecified atom stereocenters. The molecule has 3 aromatic rings. The summed E-state index contributed by atoms with van der Waals surface area (Å²) in [5.74, 6) is 0. The normalized spacial score (nSPS) is 19.7. The molecule has 140 valence electrons. The van der Waals surface area contributed by atoms with Gasteiger partial charge >= 0.3 is 164 Å². The molecule has 0 N–H and O–H groups in total. The van der Waals surface area contributed by atoms with Gasteiger partial charge in [-0.3, -0.25) is 0 Å². The zero-order chi connectivity index (χ0) is 18.9. The molecule has 1 saturated heterocycles. The SMILES string of the molecule is Cc1ccccc1P1(c2ccccc2C)(c2ccccc2C)CCCCC1. The zero-order valence-corrected chi connectivity index (χ0v) is 17.8. The maximum atomic E-state index is 2.46. The molecule has 1 aliphatic heterocycles. The van der Waals surface area contributed by atoms with Gasteiger partial charge in [-0.2, -0.15) is 0 Å². The Hall–Kier alpha value is -1.91. The molecule has 0 bridgehead atoms. The van der Waals surface area contributed by atoms with Crippen LogP contribution in [0.15, 0.2) is 72.8 Å². The van der Waals surface area contributed by atoms with Crippen molar-refractivity contribution >= 4 is 22.5 Å². The Labute approximate surface area is 164 Å². The summed E-state index contributed by atoms with van der Waals surface area (Å²) >= 11 is 0. The second-order valence-electron chi connectivity index (χ2n) is 8.38. The Balaban J connectivity index is 2.23. The van der Waals surface area contributed by atoms with Crippen molar-refractivity contribution < 1.29 is 0 Å². The van der Waals surface area contributed by atoms with E-state index >= 15 is 0 Å². The van der Waals surface area contributed by atoms with Crippen molar-refractivity contribution in [2.45, 2.75) is 40.0 Å². The Kier molecular flexibility index (Phi) is 4.73. The molecule has 0 radical (unpaired) electrons. The summed E-state index contributed by atoms with van der Waals surface area (Å²) in [4.78, 5) is 0. The van der Waals surface area contributed by atoms with Gasteiger partial charge in [0.1, 0.15) is 0 Å².